The fraction of sp³-hybridized carbons (Fsp3) is 0.370. The molecule has 7 heteroatoms. The number of hydrogen-bond acceptors (Lipinski definition) is 3. The summed E-state index contributed by atoms with van der Waals surface area (Å²) in [5.74, 6) is -0.350. The number of imidazole rings is 1. The number of nitrogens with one attached hydrogen (secondary N) is 1. The zero-order chi connectivity index (χ0) is 24.1. The molecule has 4 rings (SSSR count). The SMILES string of the molecule is Cc1ccccc1[C@H](C(=O)NC1CCCCC1)N(C(=O)Cn1ccnc1C)c1cccc(F)c1. The van der Waals surface area contributed by atoms with E-state index in [4.69, 9.17) is 0 Å². The lowest BCUT2D eigenvalue weighted by Gasteiger charge is -2.34. The van der Waals surface area contributed by atoms with Gasteiger partial charge in [0.15, 0.2) is 0 Å². The molecule has 1 N–H and O–H groups in total. The molecule has 1 saturated carbocycles. The normalized spacial score (nSPS) is 15.0. The first kappa shape index (κ1) is 23.7. The summed E-state index contributed by atoms with van der Waals surface area (Å²) in [6, 6.07) is 12.6. The maximum Gasteiger partial charge on any atom is 0.248 e. The van der Waals surface area contributed by atoms with Crippen molar-refractivity contribution in [2.24, 2.45) is 0 Å². The zero-order valence-corrected chi connectivity index (χ0v) is 19.7. The Kier molecular flexibility index (Phi) is 7.40. The summed E-state index contributed by atoms with van der Waals surface area (Å²) in [7, 11) is 0. The molecule has 1 fully saturated rings. The summed E-state index contributed by atoms with van der Waals surface area (Å²) >= 11 is 0. The topological polar surface area (TPSA) is 67.2 Å². The molecule has 0 radical (unpaired) electrons. The van der Waals surface area contributed by atoms with Gasteiger partial charge in [0.2, 0.25) is 11.8 Å². The average Bonchev–Trinajstić information content (AvgIpc) is 3.22. The van der Waals surface area contributed by atoms with Crippen LogP contribution in [0.4, 0.5) is 10.1 Å². The summed E-state index contributed by atoms with van der Waals surface area (Å²) < 4.78 is 16.0. The second-order valence-corrected chi connectivity index (χ2v) is 8.95. The van der Waals surface area contributed by atoms with E-state index in [1.807, 2.05) is 38.1 Å². The van der Waals surface area contributed by atoms with Gasteiger partial charge in [-0.25, -0.2) is 9.37 Å². The van der Waals surface area contributed by atoms with Crippen molar-refractivity contribution in [1.29, 1.82) is 0 Å². The fourth-order valence-corrected chi connectivity index (χ4v) is 4.67. The van der Waals surface area contributed by atoms with Crippen LogP contribution in [0.3, 0.4) is 0 Å². The van der Waals surface area contributed by atoms with Crippen LogP contribution in [0.1, 0.15) is 55.1 Å². The minimum absolute atomic E-state index is 0.0125. The van der Waals surface area contributed by atoms with Gasteiger partial charge in [-0.05, 0) is 56.0 Å². The molecule has 0 unspecified atom stereocenters. The highest BCUT2D eigenvalue weighted by atomic mass is 19.1. The number of amides is 2. The number of rotatable bonds is 7. The number of aryl methyl sites for hydroxylation is 2. The number of benzene rings is 2. The predicted molar refractivity (Wildman–Crippen MR) is 130 cm³/mol. The molecule has 1 atom stereocenters. The van der Waals surface area contributed by atoms with E-state index in [-0.39, 0.29) is 24.4 Å². The molecular formula is C27H31FN4O2. The van der Waals surface area contributed by atoms with E-state index in [2.05, 4.69) is 10.3 Å². The summed E-state index contributed by atoms with van der Waals surface area (Å²) in [4.78, 5) is 33.2. The van der Waals surface area contributed by atoms with E-state index in [0.717, 1.165) is 36.8 Å². The van der Waals surface area contributed by atoms with E-state index in [1.54, 1.807) is 29.1 Å². The van der Waals surface area contributed by atoms with Crippen LogP contribution in [0.25, 0.3) is 0 Å². The maximum absolute atomic E-state index is 14.3. The van der Waals surface area contributed by atoms with Gasteiger partial charge in [-0.15, -0.1) is 0 Å². The largest absolute Gasteiger partial charge is 0.351 e. The fourth-order valence-electron chi connectivity index (χ4n) is 4.67. The van der Waals surface area contributed by atoms with Gasteiger partial charge in [-0.1, -0.05) is 49.6 Å². The quantitative estimate of drug-likeness (QED) is 0.545. The van der Waals surface area contributed by atoms with Gasteiger partial charge in [-0.3, -0.25) is 14.5 Å². The molecule has 1 aliphatic carbocycles. The molecular weight excluding hydrogens is 431 g/mol. The second kappa shape index (κ2) is 10.6. The van der Waals surface area contributed by atoms with Crippen LogP contribution in [0.15, 0.2) is 60.9 Å². The molecule has 1 heterocycles. The Hall–Kier alpha value is -3.48. The van der Waals surface area contributed by atoms with Crippen molar-refractivity contribution in [3.8, 4) is 0 Å². The molecule has 2 aromatic carbocycles. The summed E-state index contributed by atoms with van der Waals surface area (Å²) in [5.41, 5.74) is 1.95. The number of carbonyl (C=O) groups is 2. The smallest absolute Gasteiger partial charge is 0.248 e. The van der Waals surface area contributed by atoms with Crippen LogP contribution in [-0.2, 0) is 16.1 Å². The van der Waals surface area contributed by atoms with Crippen molar-refractivity contribution < 1.29 is 14.0 Å². The first-order valence-electron chi connectivity index (χ1n) is 11.9. The summed E-state index contributed by atoms with van der Waals surface area (Å²) in [6.45, 7) is 3.72. The molecule has 0 bridgehead atoms. The number of aromatic nitrogens is 2. The van der Waals surface area contributed by atoms with Crippen molar-refractivity contribution in [3.05, 3.63) is 83.7 Å². The minimum atomic E-state index is -0.929. The van der Waals surface area contributed by atoms with Gasteiger partial charge in [-0.2, -0.15) is 0 Å². The van der Waals surface area contributed by atoms with Crippen LogP contribution in [0.5, 0.6) is 0 Å². The van der Waals surface area contributed by atoms with E-state index in [0.29, 0.717) is 11.5 Å². The Bertz CT molecular complexity index is 1150. The third-order valence-electron chi connectivity index (χ3n) is 6.53. The number of nitrogens with zero attached hydrogens (tertiary/aromatic N) is 3. The Balaban J connectivity index is 1.77. The van der Waals surface area contributed by atoms with Crippen LogP contribution >= 0.6 is 0 Å². The molecule has 0 spiro atoms. The molecule has 0 aliphatic heterocycles. The van der Waals surface area contributed by atoms with Gasteiger partial charge in [0.25, 0.3) is 0 Å². The number of hydrogen-bond donors (Lipinski definition) is 1. The lowest BCUT2D eigenvalue weighted by molar-refractivity contribution is -0.127. The predicted octanol–water partition coefficient (Wildman–Crippen LogP) is 4.86. The Morgan fingerprint density at radius 1 is 1.12 bits per heavy atom. The molecule has 1 aliphatic rings. The molecule has 0 saturated heterocycles. The summed E-state index contributed by atoms with van der Waals surface area (Å²) in [5, 5.41) is 3.19. The summed E-state index contributed by atoms with van der Waals surface area (Å²) in [6.07, 6.45) is 8.53. The minimum Gasteiger partial charge on any atom is -0.351 e. The van der Waals surface area contributed by atoms with E-state index < -0.39 is 11.9 Å². The average molecular weight is 463 g/mol. The van der Waals surface area contributed by atoms with Crippen LogP contribution < -0.4 is 10.2 Å². The first-order valence-corrected chi connectivity index (χ1v) is 11.9. The van der Waals surface area contributed by atoms with Gasteiger partial charge in [0, 0.05) is 24.1 Å². The van der Waals surface area contributed by atoms with Crippen LogP contribution in [0, 0.1) is 19.7 Å². The lowest BCUT2D eigenvalue weighted by Crippen LogP contribution is -2.48. The molecule has 1 aromatic heterocycles. The molecule has 34 heavy (non-hydrogen) atoms. The van der Waals surface area contributed by atoms with Crippen molar-refractivity contribution in [1.82, 2.24) is 14.9 Å². The van der Waals surface area contributed by atoms with Gasteiger partial charge in [0.1, 0.15) is 24.2 Å². The van der Waals surface area contributed by atoms with Crippen molar-refractivity contribution in [2.75, 3.05) is 4.90 Å². The number of carbonyl (C=O) groups excluding carboxylic acids is 2. The van der Waals surface area contributed by atoms with Gasteiger partial charge < -0.3 is 9.88 Å². The number of anilines is 1. The third-order valence-corrected chi connectivity index (χ3v) is 6.53. The molecule has 6 nitrogen and oxygen atoms in total. The standard InChI is InChI=1S/C27H31FN4O2/c1-19-9-6-7-14-24(19)26(27(34)30-22-11-4-3-5-12-22)32(23-13-8-10-21(28)17-23)25(33)18-31-16-15-29-20(31)2/h6-10,13-17,22,26H,3-5,11-12,18H2,1-2H3,(H,30,34)/t26-/m1/s1. The first-order chi connectivity index (χ1) is 16.4. The van der Waals surface area contributed by atoms with Gasteiger partial charge >= 0.3 is 0 Å². The highest BCUT2D eigenvalue weighted by Gasteiger charge is 2.35. The molecule has 3 aromatic rings. The van der Waals surface area contributed by atoms with Crippen LogP contribution in [-0.4, -0.2) is 27.4 Å². The van der Waals surface area contributed by atoms with Crippen molar-refractivity contribution in [2.45, 2.75) is 64.6 Å². The van der Waals surface area contributed by atoms with E-state index in [9.17, 15) is 14.0 Å². The van der Waals surface area contributed by atoms with Crippen molar-refractivity contribution >= 4 is 17.5 Å². The Labute approximate surface area is 199 Å². The molecule has 178 valence electrons. The Morgan fingerprint density at radius 3 is 2.56 bits per heavy atom. The highest BCUT2D eigenvalue weighted by molar-refractivity contribution is 6.01. The zero-order valence-electron chi connectivity index (χ0n) is 19.7. The monoisotopic (exact) mass is 462 g/mol. The van der Waals surface area contributed by atoms with E-state index >= 15 is 0 Å². The highest BCUT2D eigenvalue weighted by Crippen LogP contribution is 2.31. The van der Waals surface area contributed by atoms with Crippen LogP contribution in [0.2, 0.25) is 0 Å². The van der Waals surface area contributed by atoms with Crippen molar-refractivity contribution in [3.63, 3.8) is 0 Å². The van der Waals surface area contributed by atoms with E-state index in [1.165, 1.54) is 23.5 Å². The van der Waals surface area contributed by atoms with Gasteiger partial charge in [0.05, 0.1) is 0 Å². The maximum atomic E-state index is 14.3. The Morgan fingerprint density at radius 2 is 1.88 bits per heavy atom. The lowest BCUT2D eigenvalue weighted by atomic mass is 9.93. The second-order valence-electron chi connectivity index (χ2n) is 8.95. The molecule has 2 amide bonds. The third kappa shape index (κ3) is 5.35. The number of halogens is 1.